The third-order valence-electron chi connectivity index (χ3n) is 2.48. The molecule has 0 spiro atoms. The van der Waals surface area contributed by atoms with Crippen LogP contribution in [0.15, 0.2) is 34.1 Å². The fourth-order valence-electron chi connectivity index (χ4n) is 1.70. The molecule has 0 bridgehead atoms. The summed E-state index contributed by atoms with van der Waals surface area (Å²) in [6, 6.07) is 6.85. The summed E-state index contributed by atoms with van der Waals surface area (Å²) in [4.78, 5) is 12.0. The molecule has 0 aliphatic rings. The van der Waals surface area contributed by atoms with Crippen LogP contribution in [0.3, 0.4) is 0 Å². The lowest BCUT2D eigenvalue weighted by Gasteiger charge is -2.08. The normalized spacial score (nSPS) is 11.9. The van der Waals surface area contributed by atoms with E-state index in [9.17, 15) is 13.2 Å². The zero-order valence-corrected chi connectivity index (χ0v) is 10.4. The van der Waals surface area contributed by atoms with Gasteiger partial charge in [0.25, 0.3) is 0 Å². The van der Waals surface area contributed by atoms with E-state index in [2.05, 4.69) is 5.10 Å². The smallest absolute Gasteiger partial charge is 0.227 e. The molecule has 0 aliphatic heterocycles. The molecule has 0 saturated heterocycles. The first-order valence-electron chi connectivity index (χ1n) is 5.15. The molecule has 6 heteroatoms. The molecule has 90 valence electrons. The lowest BCUT2D eigenvalue weighted by molar-refractivity contribution is 0.579. The quantitative estimate of drug-likeness (QED) is 0.793. The van der Waals surface area contributed by atoms with E-state index in [1.165, 1.54) is 4.68 Å². The van der Waals surface area contributed by atoms with Gasteiger partial charge in [-0.3, -0.25) is 9.48 Å². The number of hydrogen-bond donors (Lipinski definition) is 0. The molecule has 0 saturated carbocycles. The van der Waals surface area contributed by atoms with Crippen LogP contribution in [0.5, 0.6) is 0 Å². The van der Waals surface area contributed by atoms with E-state index in [-0.39, 0.29) is 0 Å². The molecule has 0 atom stereocenters. The molecular weight excluding hydrogens is 240 g/mol. The average molecular weight is 252 g/mol. The average Bonchev–Trinajstić information content (AvgIpc) is 2.28. The fraction of sp³-hybridized carbons (Fsp3) is 0.273. The van der Waals surface area contributed by atoms with Gasteiger partial charge in [-0.15, -0.1) is 0 Å². The third-order valence-corrected chi connectivity index (χ3v) is 3.45. The maximum absolute atomic E-state index is 12.0. The van der Waals surface area contributed by atoms with Gasteiger partial charge in [0.1, 0.15) is 0 Å². The Balaban J connectivity index is 3.01. The van der Waals surface area contributed by atoms with Crippen LogP contribution in [-0.2, 0) is 16.4 Å². The Labute approximate surface area is 98.6 Å². The second-order valence-corrected chi connectivity index (χ2v) is 5.67. The Kier molecular flexibility index (Phi) is 2.74. The van der Waals surface area contributed by atoms with Gasteiger partial charge in [-0.05, 0) is 19.1 Å². The van der Waals surface area contributed by atoms with Gasteiger partial charge >= 0.3 is 0 Å². The molecule has 1 aromatic heterocycles. The number of benzene rings is 1. The maximum atomic E-state index is 12.0. The summed E-state index contributed by atoms with van der Waals surface area (Å²) < 4.78 is 24.5. The molecule has 0 amide bonds. The first-order valence-corrected chi connectivity index (χ1v) is 7.04. The van der Waals surface area contributed by atoms with E-state index in [1.807, 2.05) is 6.92 Å². The van der Waals surface area contributed by atoms with Gasteiger partial charge in [-0.25, -0.2) is 8.42 Å². The van der Waals surface area contributed by atoms with Crippen LogP contribution >= 0.6 is 0 Å². The van der Waals surface area contributed by atoms with Gasteiger partial charge in [0.15, 0.2) is 9.84 Å². The SMILES string of the molecule is CCn1nc(S(C)(=O)=O)c(=O)c2ccccc21. The Hall–Kier alpha value is -1.69. The van der Waals surface area contributed by atoms with E-state index < -0.39 is 20.3 Å². The van der Waals surface area contributed by atoms with Crippen LogP contribution < -0.4 is 5.43 Å². The highest BCUT2D eigenvalue weighted by Crippen LogP contribution is 2.11. The van der Waals surface area contributed by atoms with Crippen LogP contribution in [0.1, 0.15) is 6.92 Å². The van der Waals surface area contributed by atoms with Crippen LogP contribution in [-0.4, -0.2) is 24.5 Å². The molecule has 1 aromatic carbocycles. The highest BCUT2D eigenvalue weighted by atomic mass is 32.2. The van der Waals surface area contributed by atoms with Crippen molar-refractivity contribution in [3.05, 3.63) is 34.5 Å². The number of nitrogens with zero attached hydrogens (tertiary/aromatic N) is 2. The Bertz CT molecular complexity index is 732. The second kappa shape index (κ2) is 3.96. The first-order chi connectivity index (χ1) is 7.95. The molecular formula is C11H12N2O3S. The molecule has 0 aliphatic carbocycles. The minimum Gasteiger partial charge on any atom is -0.286 e. The minimum atomic E-state index is -3.60. The molecule has 0 unspecified atom stereocenters. The van der Waals surface area contributed by atoms with Crippen LogP contribution in [0, 0.1) is 0 Å². The number of para-hydroxylation sites is 1. The van der Waals surface area contributed by atoms with E-state index in [1.54, 1.807) is 24.3 Å². The van der Waals surface area contributed by atoms with Crippen molar-refractivity contribution >= 4 is 20.7 Å². The highest BCUT2D eigenvalue weighted by molar-refractivity contribution is 7.90. The van der Waals surface area contributed by atoms with Crippen molar-refractivity contribution in [1.29, 1.82) is 0 Å². The van der Waals surface area contributed by atoms with Crippen molar-refractivity contribution in [2.75, 3.05) is 6.26 Å². The molecule has 2 aromatic rings. The van der Waals surface area contributed by atoms with Crippen molar-refractivity contribution in [1.82, 2.24) is 9.78 Å². The molecule has 1 heterocycles. The summed E-state index contributed by atoms with van der Waals surface area (Å²) in [7, 11) is -3.60. The van der Waals surface area contributed by atoms with Gasteiger partial charge in [-0.1, -0.05) is 12.1 Å². The molecule has 0 fully saturated rings. The van der Waals surface area contributed by atoms with Crippen molar-refractivity contribution in [2.24, 2.45) is 0 Å². The van der Waals surface area contributed by atoms with Crippen LogP contribution in [0.25, 0.3) is 10.9 Å². The summed E-state index contributed by atoms with van der Waals surface area (Å²) in [5, 5.41) is 3.90. The summed E-state index contributed by atoms with van der Waals surface area (Å²) >= 11 is 0. The molecule has 0 radical (unpaired) electrons. The molecule has 17 heavy (non-hydrogen) atoms. The van der Waals surface area contributed by atoms with E-state index in [4.69, 9.17) is 0 Å². The monoisotopic (exact) mass is 252 g/mol. The summed E-state index contributed by atoms with van der Waals surface area (Å²) in [5.74, 6) is 0. The van der Waals surface area contributed by atoms with E-state index >= 15 is 0 Å². The molecule has 5 nitrogen and oxygen atoms in total. The third kappa shape index (κ3) is 1.95. The zero-order valence-electron chi connectivity index (χ0n) is 9.54. The van der Waals surface area contributed by atoms with Gasteiger partial charge < -0.3 is 0 Å². The first kappa shape index (κ1) is 11.8. The summed E-state index contributed by atoms with van der Waals surface area (Å²) in [6.45, 7) is 2.35. The van der Waals surface area contributed by atoms with Crippen LogP contribution in [0.2, 0.25) is 0 Å². The fourth-order valence-corrected chi connectivity index (χ4v) is 2.39. The zero-order chi connectivity index (χ0) is 12.6. The summed E-state index contributed by atoms with van der Waals surface area (Å²) in [5.41, 5.74) is 0.111. The maximum Gasteiger partial charge on any atom is 0.227 e. The lowest BCUT2D eigenvalue weighted by Crippen LogP contribution is -2.21. The largest absolute Gasteiger partial charge is 0.286 e. The predicted octanol–water partition coefficient (Wildman–Crippen LogP) is 0.820. The molecule has 0 N–H and O–H groups in total. The highest BCUT2D eigenvalue weighted by Gasteiger charge is 2.18. The molecule has 2 rings (SSSR count). The Morgan fingerprint density at radius 2 is 1.94 bits per heavy atom. The lowest BCUT2D eigenvalue weighted by atomic mass is 10.2. The predicted molar refractivity (Wildman–Crippen MR) is 64.8 cm³/mol. The summed E-state index contributed by atoms with van der Waals surface area (Å²) in [6.07, 6.45) is 0.992. The van der Waals surface area contributed by atoms with Crippen molar-refractivity contribution in [3.8, 4) is 0 Å². The van der Waals surface area contributed by atoms with Crippen molar-refractivity contribution in [3.63, 3.8) is 0 Å². The second-order valence-electron chi connectivity index (χ2n) is 3.74. The Morgan fingerprint density at radius 3 is 2.53 bits per heavy atom. The standard InChI is InChI=1S/C11H12N2O3S/c1-3-13-9-7-5-4-6-8(9)10(14)11(12-13)17(2,15)16/h4-7H,3H2,1-2H3. The van der Waals surface area contributed by atoms with Crippen molar-refractivity contribution < 1.29 is 8.42 Å². The number of hydrogen-bond acceptors (Lipinski definition) is 4. The number of rotatable bonds is 2. The topological polar surface area (TPSA) is 69.0 Å². The number of aryl methyl sites for hydroxylation is 1. The van der Waals surface area contributed by atoms with Crippen molar-refractivity contribution in [2.45, 2.75) is 18.5 Å². The van der Waals surface area contributed by atoms with E-state index in [0.29, 0.717) is 17.4 Å². The van der Waals surface area contributed by atoms with Gasteiger partial charge in [0, 0.05) is 12.8 Å². The van der Waals surface area contributed by atoms with E-state index in [0.717, 1.165) is 6.26 Å². The van der Waals surface area contributed by atoms with Gasteiger partial charge in [0.2, 0.25) is 10.5 Å². The Morgan fingerprint density at radius 1 is 1.29 bits per heavy atom. The van der Waals surface area contributed by atoms with Gasteiger partial charge in [-0.2, -0.15) is 5.10 Å². The minimum absolute atomic E-state index is 0.379. The van der Waals surface area contributed by atoms with Crippen LogP contribution in [0.4, 0.5) is 0 Å². The number of aromatic nitrogens is 2. The van der Waals surface area contributed by atoms with Gasteiger partial charge in [0.05, 0.1) is 10.9 Å². The number of sulfone groups is 1. The number of fused-ring (bicyclic) bond motifs is 1.